The molecule has 0 aliphatic heterocycles. The number of amides is 1. The van der Waals surface area contributed by atoms with E-state index in [-0.39, 0.29) is 16.7 Å². The number of thiophene rings is 1. The number of nitrogens with one attached hydrogen (secondary N) is 2. The average molecular weight is 451 g/mol. The van der Waals surface area contributed by atoms with E-state index in [0.29, 0.717) is 23.5 Å². The molecular formula is C20H26N4O2S3. The Morgan fingerprint density at radius 3 is 2.79 bits per heavy atom. The van der Waals surface area contributed by atoms with Crippen LogP contribution in [0.3, 0.4) is 0 Å². The first kappa shape index (κ1) is 22.0. The highest BCUT2D eigenvalue weighted by atomic mass is 32.2. The fraction of sp³-hybridized carbons (Fsp3) is 0.500. The molecule has 2 N–H and O–H groups in total. The van der Waals surface area contributed by atoms with Crippen molar-refractivity contribution in [2.45, 2.75) is 58.0 Å². The summed E-state index contributed by atoms with van der Waals surface area (Å²) < 4.78 is 0. The number of hydrogen-bond acceptors (Lipinski definition) is 7. The number of carbonyl (C=O) groups is 1. The highest BCUT2D eigenvalue weighted by Crippen LogP contribution is 2.26. The number of aryl methyl sites for hydroxylation is 4. The molecule has 3 aromatic rings. The van der Waals surface area contributed by atoms with Crippen LogP contribution in [0.15, 0.2) is 10.2 Å². The van der Waals surface area contributed by atoms with Gasteiger partial charge in [0.25, 0.3) is 5.56 Å². The van der Waals surface area contributed by atoms with Crippen molar-refractivity contribution in [1.29, 1.82) is 0 Å². The number of aromatic amines is 1. The molecule has 0 radical (unpaired) electrons. The minimum atomic E-state index is -0.204. The van der Waals surface area contributed by atoms with Crippen LogP contribution in [0.25, 0.3) is 10.2 Å². The molecule has 3 aromatic heterocycles. The molecule has 3 heterocycles. The van der Waals surface area contributed by atoms with Crippen molar-refractivity contribution >= 4 is 50.6 Å². The Kier molecular flexibility index (Phi) is 7.48. The van der Waals surface area contributed by atoms with E-state index in [1.54, 1.807) is 11.3 Å². The summed E-state index contributed by atoms with van der Waals surface area (Å²) in [4.78, 5) is 38.4. The normalized spacial score (nSPS) is 12.4. The van der Waals surface area contributed by atoms with Crippen LogP contribution in [0.5, 0.6) is 0 Å². The third-order valence-electron chi connectivity index (χ3n) is 4.71. The van der Waals surface area contributed by atoms with Gasteiger partial charge < -0.3 is 10.3 Å². The summed E-state index contributed by atoms with van der Waals surface area (Å²) in [5.41, 5.74) is 1.97. The maximum atomic E-state index is 12.3. The molecule has 1 atom stereocenters. The van der Waals surface area contributed by atoms with E-state index in [1.807, 2.05) is 27.7 Å². The molecule has 0 aliphatic carbocycles. The Labute approximate surface area is 182 Å². The molecule has 0 bridgehead atoms. The van der Waals surface area contributed by atoms with E-state index in [2.05, 4.69) is 25.6 Å². The first-order valence-corrected chi connectivity index (χ1v) is 12.4. The summed E-state index contributed by atoms with van der Waals surface area (Å²) in [6.45, 7) is 8.51. The number of nitrogens with zero attached hydrogens (tertiary/aromatic N) is 2. The van der Waals surface area contributed by atoms with Gasteiger partial charge in [-0.1, -0.05) is 0 Å². The minimum absolute atomic E-state index is 0.0198. The van der Waals surface area contributed by atoms with Crippen molar-refractivity contribution < 1.29 is 4.79 Å². The lowest BCUT2D eigenvalue weighted by Gasteiger charge is -2.11. The number of thiazole rings is 1. The third-order valence-corrected chi connectivity index (χ3v) is 7.99. The maximum Gasteiger partial charge on any atom is 0.259 e. The molecule has 0 spiro atoms. The molecule has 1 amide bonds. The number of aromatic nitrogens is 3. The second kappa shape index (κ2) is 9.86. The van der Waals surface area contributed by atoms with Crippen LogP contribution in [0, 0.1) is 20.8 Å². The van der Waals surface area contributed by atoms with Crippen molar-refractivity contribution in [3.05, 3.63) is 42.7 Å². The summed E-state index contributed by atoms with van der Waals surface area (Å²) in [5, 5.41) is 6.70. The van der Waals surface area contributed by atoms with Crippen molar-refractivity contribution in [3.8, 4) is 0 Å². The zero-order chi connectivity index (χ0) is 21.0. The highest BCUT2D eigenvalue weighted by molar-refractivity contribution is 7.99. The van der Waals surface area contributed by atoms with Gasteiger partial charge in [-0.05, 0) is 52.5 Å². The Morgan fingerprint density at radius 2 is 2.07 bits per heavy atom. The van der Waals surface area contributed by atoms with E-state index in [4.69, 9.17) is 0 Å². The van der Waals surface area contributed by atoms with Gasteiger partial charge in [0.1, 0.15) is 10.7 Å². The molecule has 3 rings (SSSR count). The van der Waals surface area contributed by atoms with Crippen molar-refractivity contribution in [2.75, 3.05) is 6.54 Å². The number of rotatable bonds is 9. The maximum absolute atomic E-state index is 12.3. The summed E-state index contributed by atoms with van der Waals surface area (Å²) in [5.74, 6) is 1.14. The molecule has 0 aliphatic rings. The van der Waals surface area contributed by atoms with Gasteiger partial charge in [-0.3, -0.25) is 9.59 Å². The topological polar surface area (TPSA) is 87.7 Å². The summed E-state index contributed by atoms with van der Waals surface area (Å²) in [6.07, 6.45) is 2.91. The number of H-pyrrole nitrogens is 1. The van der Waals surface area contributed by atoms with Crippen LogP contribution in [-0.4, -0.2) is 32.7 Å². The van der Waals surface area contributed by atoms with Gasteiger partial charge in [-0.2, -0.15) is 0 Å². The molecule has 6 nitrogen and oxygen atoms in total. The Bertz CT molecular complexity index is 1050. The van der Waals surface area contributed by atoms with Gasteiger partial charge in [0.2, 0.25) is 5.91 Å². The lowest BCUT2D eigenvalue weighted by molar-refractivity contribution is -0.120. The third kappa shape index (κ3) is 5.67. The summed E-state index contributed by atoms with van der Waals surface area (Å²) >= 11 is 4.72. The quantitative estimate of drug-likeness (QED) is 0.479. The first-order valence-electron chi connectivity index (χ1n) is 9.64. The van der Waals surface area contributed by atoms with Gasteiger partial charge in [0, 0.05) is 22.5 Å². The molecular weight excluding hydrogens is 424 g/mol. The highest BCUT2D eigenvalue weighted by Gasteiger charge is 2.16. The molecule has 0 saturated carbocycles. The van der Waals surface area contributed by atoms with Crippen LogP contribution in [-0.2, 0) is 17.0 Å². The Hall–Kier alpha value is -1.71. The lowest BCUT2D eigenvalue weighted by atomic mass is 10.2. The van der Waals surface area contributed by atoms with Gasteiger partial charge in [0.15, 0.2) is 0 Å². The Balaban J connectivity index is 1.42. The smallest absolute Gasteiger partial charge is 0.259 e. The van der Waals surface area contributed by atoms with Crippen LogP contribution < -0.4 is 10.9 Å². The SMILES string of the molecule is Cc1csc(CCCCNC(=O)C(C)SCc2nc3sc(C)c(C)c3c(=O)[nH]2)n1. The number of hydrogen-bond donors (Lipinski definition) is 2. The van der Waals surface area contributed by atoms with Crippen molar-refractivity contribution in [1.82, 2.24) is 20.3 Å². The largest absolute Gasteiger partial charge is 0.355 e. The molecule has 1 unspecified atom stereocenters. The fourth-order valence-corrected chi connectivity index (χ4v) is 5.57. The second-order valence-corrected chi connectivity index (χ2v) is 10.5. The van der Waals surface area contributed by atoms with E-state index in [9.17, 15) is 9.59 Å². The molecule has 9 heteroatoms. The monoisotopic (exact) mass is 450 g/mol. The minimum Gasteiger partial charge on any atom is -0.355 e. The van der Waals surface area contributed by atoms with Crippen LogP contribution in [0.4, 0.5) is 0 Å². The lowest BCUT2D eigenvalue weighted by Crippen LogP contribution is -2.31. The van der Waals surface area contributed by atoms with Crippen molar-refractivity contribution in [3.63, 3.8) is 0 Å². The number of unbranched alkanes of at least 4 members (excludes halogenated alkanes) is 1. The average Bonchev–Trinajstić information content (AvgIpc) is 3.22. The van der Waals surface area contributed by atoms with Crippen LogP contribution in [0.1, 0.15) is 46.7 Å². The van der Waals surface area contributed by atoms with Crippen LogP contribution in [0.2, 0.25) is 0 Å². The van der Waals surface area contributed by atoms with Gasteiger partial charge >= 0.3 is 0 Å². The van der Waals surface area contributed by atoms with E-state index in [1.165, 1.54) is 23.1 Å². The molecule has 0 saturated heterocycles. The molecule has 29 heavy (non-hydrogen) atoms. The second-order valence-electron chi connectivity index (χ2n) is 7.06. The van der Waals surface area contributed by atoms with E-state index < -0.39 is 0 Å². The molecule has 0 fully saturated rings. The number of thioether (sulfide) groups is 1. The fourth-order valence-electron chi connectivity index (χ4n) is 2.92. The van der Waals surface area contributed by atoms with Crippen LogP contribution >= 0.6 is 34.4 Å². The zero-order valence-electron chi connectivity index (χ0n) is 17.1. The predicted octanol–water partition coefficient (Wildman–Crippen LogP) is 4.13. The zero-order valence-corrected chi connectivity index (χ0v) is 19.6. The van der Waals surface area contributed by atoms with Gasteiger partial charge in [-0.25, -0.2) is 9.97 Å². The van der Waals surface area contributed by atoms with Gasteiger partial charge in [0.05, 0.1) is 21.4 Å². The summed E-state index contributed by atoms with van der Waals surface area (Å²) in [6, 6.07) is 0. The van der Waals surface area contributed by atoms with E-state index in [0.717, 1.165) is 45.2 Å². The number of fused-ring (bicyclic) bond motifs is 1. The summed E-state index contributed by atoms with van der Waals surface area (Å²) in [7, 11) is 0. The molecule has 0 aromatic carbocycles. The van der Waals surface area contributed by atoms with Gasteiger partial charge in [-0.15, -0.1) is 34.4 Å². The van der Waals surface area contributed by atoms with E-state index >= 15 is 0 Å². The van der Waals surface area contributed by atoms with Crippen molar-refractivity contribution in [2.24, 2.45) is 0 Å². The first-order chi connectivity index (χ1) is 13.8. The number of carbonyl (C=O) groups excluding carboxylic acids is 1. The predicted molar refractivity (Wildman–Crippen MR) is 123 cm³/mol. The molecule has 156 valence electrons. The Morgan fingerprint density at radius 1 is 1.28 bits per heavy atom. The standard InChI is InChI=1S/C20H26N4O2S3/c1-11-9-28-16(22-11)7-5-6-8-21-18(25)14(4)27-10-15-23-19(26)17-12(2)13(3)29-20(17)24-15/h9,14H,5-8,10H2,1-4H3,(H,21,25)(H,23,24,26).